The summed E-state index contributed by atoms with van der Waals surface area (Å²) in [5.74, 6) is 0. The largest absolute Gasteiger partial charge is 0.397 e. The molecular formula is C6H8F4. The third kappa shape index (κ3) is 0.812. The third-order valence-electron chi connectivity index (χ3n) is 2.18. The molecule has 1 aliphatic carbocycles. The molecule has 1 rings (SSSR count). The van der Waals surface area contributed by atoms with Crippen LogP contribution in [0.2, 0.25) is 0 Å². The molecule has 0 aromatic heterocycles. The molecular weight excluding hydrogens is 148 g/mol. The van der Waals surface area contributed by atoms with Crippen molar-refractivity contribution in [3.8, 4) is 0 Å². The van der Waals surface area contributed by atoms with E-state index in [0.29, 0.717) is 0 Å². The Bertz CT molecular complexity index is 135. The van der Waals surface area contributed by atoms with Crippen molar-refractivity contribution in [3.63, 3.8) is 0 Å². The zero-order valence-electron chi connectivity index (χ0n) is 5.50. The molecule has 0 aromatic rings. The zero-order chi connectivity index (χ0) is 7.99. The highest BCUT2D eigenvalue weighted by molar-refractivity contribution is 5.07. The fraction of sp³-hybridized carbons (Fsp3) is 1.00. The normalized spacial score (nSPS) is 39.9. The summed E-state index contributed by atoms with van der Waals surface area (Å²) in [5.41, 5.74) is -1.98. The van der Waals surface area contributed by atoms with Crippen LogP contribution in [0, 0.1) is 5.41 Å². The molecule has 0 heterocycles. The smallest absolute Gasteiger partial charge is 0.246 e. The lowest BCUT2D eigenvalue weighted by atomic mass is 10.0. The molecule has 1 aliphatic rings. The maximum absolute atomic E-state index is 12.2. The van der Waals surface area contributed by atoms with Gasteiger partial charge < -0.3 is 0 Å². The molecule has 0 N–H and O–H groups in total. The Kier molecular flexibility index (Phi) is 1.45. The average molecular weight is 156 g/mol. The molecule has 0 bridgehead atoms. The second-order valence-electron chi connectivity index (χ2n) is 2.68. The van der Waals surface area contributed by atoms with Crippen LogP contribution in [0.15, 0.2) is 0 Å². The van der Waals surface area contributed by atoms with E-state index in [1.165, 1.54) is 6.92 Å². The molecule has 2 atom stereocenters. The van der Waals surface area contributed by atoms with E-state index < -0.39 is 17.8 Å². The first-order chi connectivity index (χ1) is 4.44. The summed E-state index contributed by atoms with van der Waals surface area (Å²) in [6, 6.07) is 0. The van der Waals surface area contributed by atoms with Gasteiger partial charge >= 0.3 is 6.18 Å². The van der Waals surface area contributed by atoms with Gasteiger partial charge in [-0.1, -0.05) is 6.92 Å². The summed E-state index contributed by atoms with van der Waals surface area (Å²) in [5, 5.41) is 0. The number of halogens is 4. The van der Waals surface area contributed by atoms with Crippen molar-refractivity contribution >= 4 is 0 Å². The minimum Gasteiger partial charge on any atom is -0.246 e. The molecule has 0 amide bonds. The topological polar surface area (TPSA) is 0 Å². The molecule has 0 nitrogen and oxygen atoms in total. The predicted molar refractivity (Wildman–Crippen MR) is 28.3 cm³/mol. The van der Waals surface area contributed by atoms with E-state index in [1.54, 1.807) is 0 Å². The SMILES string of the molecule is CCC1(C(F)(F)F)CC1F. The Balaban J connectivity index is 2.69. The highest BCUT2D eigenvalue weighted by Gasteiger charge is 2.70. The highest BCUT2D eigenvalue weighted by Crippen LogP contribution is 2.61. The molecule has 0 saturated heterocycles. The van der Waals surface area contributed by atoms with Crippen LogP contribution in [-0.4, -0.2) is 12.3 Å². The summed E-state index contributed by atoms with van der Waals surface area (Å²) < 4.78 is 47.9. The Morgan fingerprint density at radius 3 is 1.90 bits per heavy atom. The molecule has 0 aromatic carbocycles. The highest BCUT2D eigenvalue weighted by atomic mass is 19.4. The van der Waals surface area contributed by atoms with E-state index in [1.807, 2.05) is 0 Å². The Morgan fingerprint density at radius 1 is 1.50 bits per heavy atom. The van der Waals surface area contributed by atoms with E-state index in [0.717, 1.165) is 0 Å². The van der Waals surface area contributed by atoms with Gasteiger partial charge in [0.15, 0.2) is 0 Å². The Labute approximate surface area is 56.2 Å². The standard InChI is InChI=1S/C6H8F4/c1-2-5(3-4(5)7)6(8,9)10/h4H,2-3H2,1H3. The van der Waals surface area contributed by atoms with E-state index >= 15 is 0 Å². The number of rotatable bonds is 1. The summed E-state index contributed by atoms with van der Waals surface area (Å²) in [6.45, 7) is 1.37. The molecule has 0 radical (unpaired) electrons. The second kappa shape index (κ2) is 1.86. The van der Waals surface area contributed by atoms with Crippen molar-refractivity contribution in [3.05, 3.63) is 0 Å². The van der Waals surface area contributed by atoms with Crippen molar-refractivity contribution in [2.24, 2.45) is 5.41 Å². The fourth-order valence-electron chi connectivity index (χ4n) is 1.12. The molecule has 1 fully saturated rings. The molecule has 10 heavy (non-hydrogen) atoms. The number of hydrogen-bond acceptors (Lipinski definition) is 0. The lowest BCUT2D eigenvalue weighted by Gasteiger charge is -2.16. The maximum atomic E-state index is 12.2. The zero-order valence-corrected chi connectivity index (χ0v) is 5.50. The molecule has 0 spiro atoms. The quantitative estimate of drug-likeness (QED) is 0.512. The van der Waals surface area contributed by atoms with Crippen LogP contribution in [0.4, 0.5) is 17.6 Å². The summed E-state index contributed by atoms with van der Waals surface area (Å²) in [4.78, 5) is 0. The molecule has 2 unspecified atom stereocenters. The van der Waals surface area contributed by atoms with Gasteiger partial charge in [0.2, 0.25) is 0 Å². The average Bonchev–Trinajstić information content (AvgIpc) is 2.40. The van der Waals surface area contributed by atoms with Gasteiger partial charge in [0.25, 0.3) is 0 Å². The van der Waals surface area contributed by atoms with Crippen molar-refractivity contribution < 1.29 is 17.6 Å². The van der Waals surface area contributed by atoms with Gasteiger partial charge in [-0.15, -0.1) is 0 Å². The van der Waals surface area contributed by atoms with Crippen molar-refractivity contribution in [2.45, 2.75) is 32.1 Å². The third-order valence-corrected chi connectivity index (χ3v) is 2.18. The monoisotopic (exact) mass is 156 g/mol. The first-order valence-corrected chi connectivity index (χ1v) is 3.15. The van der Waals surface area contributed by atoms with E-state index in [9.17, 15) is 17.6 Å². The van der Waals surface area contributed by atoms with Crippen LogP contribution < -0.4 is 0 Å². The second-order valence-corrected chi connectivity index (χ2v) is 2.68. The minimum atomic E-state index is -4.35. The summed E-state index contributed by atoms with van der Waals surface area (Å²) in [6.07, 6.45) is -6.48. The molecule has 1 saturated carbocycles. The van der Waals surface area contributed by atoms with Gasteiger partial charge in [-0.3, -0.25) is 0 Å². The van der Waals surface area contributed by atoms with E-state index in [2.05, 4.69) is 0 Å². The van der Waals surface area contributed by atoms with Crippen molar-refractivity contribution in [1.29, 1.82) is 0 Å². The first-order valence-electron chi connectivity index (χ1n) is 3.15. The van der Waals surface area contributed by atoms with Crippen molar-refractivity contribution in [2.75, 3.05) is 0 Å². The van der Waals surface area contributed by atoms with Crippen LogP contribution in [0.25, 0.3) is 0 Å². The lowest BCUT2D eigenvalue weighted by molar-refractivity contribution is -0.193. The van der Waals surface area contributed by atoms with E-state index in [4.69, 9.17) is 0 Å². The van der Waals surface area contributed by atoms with Crippen LogP contribution in [-0.2, 0) is 0 Å². The van der Waals surface area contributed by atoms with Crippen LogP contribution in [0.3, 0.4) is 0 Å². The molecule has 0 aliphatic heterocycles. The molecule has 60 valence electrons. The van der Waals surface area contributed by atoms with Gasteiger partial charge in [0.05, 0.1) is 5.41 Å². The summed E-state index contributed by atoms with van der Waals surface area (Å²) in [7, 11) is 0. The first kappa shape index (κ1) is 7.82. The van der Waals surface area contributed by atoms with Crippen LogP contribution in [0.1, 0.15) is 19.8 Å². The Hall–Kier alpha value is -0.280. The van der Waals surface area contributed by atoms with Crippen LogP contribution in [0.5, 0.6) is 0 Å². The minimum absolute atomic E-state index is 0.141. The molecule has 4 heteroatoms. The summed E-state index contributed by atoms with van der Waals surface area (Å²) >= 11 is 0. The van der Waals surface area contributed by atoms with E-state index in [-0.39, 0.29) is 12.8 Å². The van der Waals surface area contributed by atoms with Gasteiger partial charge in [-0.05, 0) is 12.8 Å². The van der Waals surface area contributed by atoms with Gasteiger partial charge in [0.1, 0.15) is 6.17 Å². The number of alkyl halides is 4. The van der Waals surface area contributed by atoms with Crippen LogP contribution >= 0.6 is 0 Å². The fourth-order valence-corrected chi connectivity index (χ4v) is 1.12. The lowest BCUT2D eigenvalue weighted by Crippen LogP contribution is -2.26. The van der Waals surface area contributed by atoms with Crippen molar-refractivity contribution in [1.82, 2.24) is 0 Å². The van der Waals surface area contributed by atoms with Gasteiger partial charge in [-0.2, -0.15) is 13.2 Å². The number of hydrogen-bond donors (Lipinski definition) is 0. The van der Waals surface area contributed by atoms with Gasteiger partial charge in [-0.25, -0.2) is 4.39 Å². The van der Waals surface area contributed by atoms with Gasteiger partial charge in [0, 0.05) is 0 Å². The maximum Gasteiger partial charge on any atom is 0.397 e. The Morgan fingerprint density at radius 2 is 1.90 bits per heavy atom. The predicted octanol–water partition coefficient (Wildman–Crippen LogP) is 2.69.